The Morgan fingerprint density at radius 2 is 2.10 bits per heavy atom. The Morgan fingerprint density at radius 3 is 2.62 bits per heavy atom. The second-order valence-corrected chi connectivity index (χ2v) is 8.92. The molecule has 1 fully saturated rings. The molecule has 1 aliphatic rings. The maximum Gasteiger partial charge on any atom is 0.279 e. The predicted molar refractivity (Wildman–Crippen MR) is 85.7 cm³/mol. The van der Waals surface area contributed by atoms with Crippen LogP contribution in [0.2, 0.25) is 0 Å². The molecule has 0 bridgehead atoms. The van der Waals surface area contributed by atoms with Gasteiger partial charge in [-0.3, -0.25) is 0 Å². The number of aliphatic hydroxyl groups excluding tert-OH is 1. The summed E-state index contributed by atoms with van der Waals surface area (Å²) in [5.41, 5.74) is -0.218. The van der Waals surface area contributed by atoms with Gasteiger partial charge in [-0.05, 0) is 30.2 Å². The normalized spacial score (nSPS) is 19.0. The van der Waals surface area contributed by atoms with Crippen LogP contribution in [0.15, 0.2) is 17.5 Å². The van der Waals surface area contributed by atoms with Gasteiger partial charge in [-0.1, -0.05) is 19.9 Å². The number of piperidine rings is 1. The Kier molecular flexibility index (Phi) is 5.43. The highest BCUT2D eigenvalue weighted by atomic mass is 32.2. The zero-order chi connectivity index (χ0) is 15.5. The molecule has 2 heterocycles. The highest BCUT2D eigenvalue weighted by Gasteiger charge is 2.30. The fraction of sp³-hybridized carbons (Fsp3) is 0.714. The van der Waals surface area contributed by atoms with Gasteiger partial charge in [0.05, 0.1) is 0 Å². The summed E-state index contributed by atoms with van der Waals surface area (Å²) in [5, 5.41) is 11.1. The standard InChI is InChI=1S/C14H24N2O3S2/c1-14(2,13-4-3-9-20-13)11-15-21(18,19)16-7-5-12(10-17)6-8-16/h3-4,9,12,15,17H,5-8,10-11H2,1-2H3. The van der Waals surface area contributed by atoms with Crippen molar-refractivity contribution in [3.8, 4) is 0 Å². The summed E-state index contributed by atoms with van der Waals surface area (Å²) in [5.74, 6) is 0.235. The fourth-order valence-corrected chi connectivity index (χ4v) is 4.72. The van der Waals surface area contributed by atoms with E-state index in [2.05, 4.69) is 4.72 Å². The van der Waals surface area contributed by atoms with Gasteiger partial charge >= 0.3 is 0 Å². The Balaban J connectivity index is 1.93. The number of hydrogen-bond acceptors (Lipinski definition) is 4. The predicted octanol–water partition coefficient (Wildman–Crippen LogP) is 1.56. The maximum atomic E-state index is 12.4. The van der Waals surface area contributed by atoms with Crippen LogP contribution in [0.3, 0.4) is 0 Å². The first-order valence-corrected chi connectivity index (χ1v) is 9.57. The molecule has 1 aromatic heterocycles. The minimum absolute atomic E-state index is 0.146. The van der Waals surface area contributed by atoms with Crippen LogP contribution in [-0.2, 0) is 15.6 Å². The van der Waals surface area contributed by atoms with Gasteiger partial charge in [-0.25, -0.2) is 4.72 Å². The van der Waals surface area contributed by atoms with Crippen molar-refractivity contribution in [3.05, 3.63) is 22.4 Å². The van der Waals surface area contributed by atoms with Gasteiger partial charge in [0.25, 0.3) is 10.2 Å². The largest absolute Gasteiger partial charge is 0.396 e. The quantitative estimate of drug-likeness (QED) is 0.831. The third-order valence-corrected chi connectivity index (χ3v) is 6.85. The second-order valence-electron chi connectivity index (χ2n) is 6.21. The molecule has 0 radical (unpaired) electrons. The van der Waals surface area contributed by atoms with Crippen molar-refractivity contribution in [1.29, 1.82) is 0 Å². The second kappa shape index (κ2) is 6.75. The lowest BCUT2D eigenvalue weighted by Gasteiger charge is -2.32. The number of thiophene rings is 1. The van der Waals surface area contributed by atoms with Gasteiger partial charge in [-0.2, -0.15) is 12.7 Å². The molecule has 2 N–H and O–H groups in total. The van der Waals surface area contributed by atoms with E-state index in [1.165, 1.54) is 9.18 Å². The monoisotopic (exact) mass is 332 g/mol. The lowest BCUT2D eigenvalue weighted by Crippen LogP contribution is -2.48. The van der Waals surface area contributed by atoms with Gasteiger partial charge < -0.3 is 5.11 Å². The van der Waals surface area contributed by atoms with E-state index in [4.69, 9.17) is 5.11 Å². The van der Waals surface area contributed by atoms with E-state index in [-0.39, 0.29) is 17.9 Å². The molecule has 0 saturated carbocycles. The SMILES string of the molecule is CC(C)(CNS(=O)(=O)N1CCC(CO)CC1)c1cccs1. The fourth-order valence-electron chi connectivity index (χ4n) is 2.45. The van der Waals surface area contributed by atoms with Gasteiger partial charge in [0.15, 0.2) is 0 Å². The Labute approximate surface area is 131 Å². The van der Waals surface area contributed by atoms with Crippen LogP contribution in [0.25, 0.3) is 0 Å². The lowest BCUT2D eigenvalue weighted by molar-refractivity contribution is 0.169. The zero-order valence-corrected chi connectivity index (χ0v) is 14.2. The van der Waals surface area contributed by atoms with E-state index in [9.17, 15) is 8.42 Å². The summed E-state index contributed by atoms with van der Waals surface area (Å²) in [4.78, 5) is 1.17. The Hall–Kier alpha value is -0.470. The minimum atomic E-state index is -3.43. The number of nitrogens with zero attached hydrogens (tertiary/aromatic N) is 1. The molecule has 0 unspecified atom stereocenters. The van der Waals surface area contributed by atoms with Crippen LogP contribution in [0, 0.1) is 5.92 Å². The van der Waals surface area contributed by atoms with Crippen LogP contribution < -0.4 is 4.72 Å². The van der Waals surface area contributed by atoms with Crippen molar-refractivity contribution < 1.29 is 13.5 Å². The van der Waals surface area contributed by atoms with Crippen molar-refractivity contribution in [1.82, 2.24) is 9.03 Å². The third-order valence-electron chi connectivity index (χ3n) is 4.06. The molecule has 2 rings (SSSR count). The van der Waals surface area contributed by atoms with E-state index in [0.29, 0.717) is 19.6 Å². The molecule has 0 spiro atoms. The first kappa shape index (κ1) is 16.9. The number of hydrogen-bond donors (Lipinski definition) is 2. The maximum absolute atomic E-state index is 12.4. The van der Waals surface area contributed by atoms with Gasteiger partial charge in [-0.15, -0.1) is 11.3 Å². The highest BCUT2D eigenvalue weighted by molar-refractivity contribution is 7.87. The molecule has 0 aromatic carbocycles. The molecule has 1 saturated heterocycles. The van der Waals surface area contributed by atoms with Gasteiger partial charge in [0, 0.05) is 36.5 Å². The zero-order valence-electron chi connectivity index (χ0n) is 12.6. The lowest BCUT2D eigenvalue weighted by atomic mass is 9.92. The van der Waals surface area contributed by atoms with Crippen LogP contribution in [0.4, 0.5) is 0 Å². The Morgan fingerprint density at radius 1 is 1.43 bits per heavy atom. The summed E-state index contributed by atoms with van der Waals surface area (Å²) < 4.78 is 28.9. The summed E-state index contributed by atoms with van der Waals surface area (Å²) in [6, 6.07) is 4.02. The molecule has 0 amide bonds. The van der Waals surface area contributed by atoms with Crippen LogP contribution >= 0.6 is 11.3 Å². The Bertz CT molecular complexity index is 533. The number of aliphatic hydroxyl groups is 1. The smallest absolute Gasteiger partial charge is 0.279 e. The van der Waals surface area contributed by atoms with Crippen molar-refractivity contribution >= 4 is 21.5 Å². The number of nitrogens with one attached hydrogen (secondary N) is 1. The molecule has 21 heavy (non-hydrogen) atoms. The summed E-state index contributed by atoms with van der Waals surface area (Å²) in [6.07, 6.45) is 1.46. The highest BCUT2D eigenvalue weighted by Crippen LogP contribution is 2.27. The average Bonchev–Trinajstić information content (AvgIpc) is 3.01. The summed E-state index contributed by atoms with van der Waals surface area (Å²) in [6.45, 7) is 5.58. The van der Waals surface area contributed by atoms with E-state index >= 15 is 0 Å². The molecule has 7 heteroatoms. The summed E-state index contributed by atoms with van der Waals surface area (Å²) >= 11 is 1.64. The molecule has 0 aliphatic carbocycles. The first-order valence-electron chi connectivity index (χ1n) is 7.25. The molecule has 120 valence electrons. The van der Waals surface area contributed by atoms with Crippen molar-refractivity contribution in [3.63, 3.8) is 0 Å². The van der Waals surface area contributed by atoms with Crippen molar-refractivity contribution in [2.75, 3.05) is 26.2 Å². The van der Waals surface area contributed by atoms with E-state index < -0.39 is 10.2 Å². The molecule has 0 atom stereocenters. The first-order chi connectivity index (χ1) is 9.85. The molecule has 5 nitrogen and oxygen atoms in total. The van der Waals surface area contributed by atoms with E-state index in [0.717, 1.165) is 12.8 Å². The third kappa shape index (κ3) is 4.26. The van der Waals surface area contributed by atoms with Crippen molar-refractivity contribution in [2.24, 2.45) is 5.92 Å². The molecular weight excluding hydrogens is 308 g/mol. The average molecular weight is 332 g/mol. The van der Waals surface area contributed by atoms with Crippen LogP contribution in [0.1, 0.15) is 31.6 Å². The van der Waals surface area contributed by atoms with E-state index in [1.54, 1.807) is 11.3 Å². The van der Waals surface area contributed by atoms with Crippen LogP contribution in [-0.4, -0.2) is 44.1 Å². The summed E-state index contributed by atoms with van der Waals surface area (Å²) in [7, 11) is -3.43. The van der Waals surface area contributed by atoms with E-state index in [1.807, 2.05) is 31.4 Å². The molecule has 1 aliphatic heterocycles. The minimum Gasteiger partial charge on any atom is -0.396 e. The molecule has 1 aromatic rings. The topological polar surface area (TPSA) is 69.6 Å². The molecular formula is C14H24N2O3S2. The van der Waals surface area contributed by atoms with Gasteiger partial charge in [0.2, 0.25) is 0 Å². The van der Waals surface area contributed by atoms with Crippen molar-refractivity contribution in [2.45, 2.75) is 32.1 Å². The van der Waals surface area contributed by atoms with Crippen LogP contribution in [0.5, 0.6) is 0 Å². The number of rotatable bonds is 6. The van der Waals surface area contributed by atoms with Gasteiger partial charge in [0.1, 0.15) is 0 Å².